The van der Waals surface area contributed by atoms with Crippen LogP contribution in [-0.2, 0) is 28.6 Å². The van der Waals surface area contributed by atoms with Crippen LogP contribution in [0.4, 0.5) is 0 Å². The number of allylic oxidation sites excluding steroid dienone is 18. The number of unbranched alkanes of at least 4 members (excludes halogenated alkanes) is 33. The molecule has 0 aliphatic heterocycles. The highest BCUT2D eigenvalue weighted by atomic mass is 16.6. The Hall–Kier alpha value is -3.93. The standard InChI is InChI=1S/C75H128O6/c1-4-7-10-13-16-19-22-25-27-29-31-33-35-36-37-38-40-41-43-45-47-50-53-56-59-62-65-68-74(77)80-71-72(70-79-73(76)67-64-61-58-55-52-49-24-21-18-15-12-9-6-3)81-75(78)69-66-63-60-57-54-51-48-46-44-42-39-34-32-30-28-26-23-20-17-14-11-8-5-2/h8,11-12,15,17,20-22,24-26,28-29,31-32,34-36,72H,4-7,9-10,13-14,16,18-19,23,27,30,33,37-71H2,1-3H3/b11-8-,15-12-,20-17-,24-21-,25-22-,28-26-,31-29-,34-32-,36-35-. The first-order valence-corrected chi connectivity index (χ1v) is 34.4. The van der Waals surface area contributed by atoms with Crippen molar-refractivity contribution in [2.75, 3.05) is 13.2 Å². The molecule has 0 aromatic heterocycles. The molecule has 464 valence electrons. The van der Waals surface area contributed by atoms with Gasteiger partial charge < -0.3 is 14.2 Å². The fourth-order valence-electron chi connectivity index (χ4n) is 9.60. The maximum absolute atomic E-state index is 12.9. The van der Waals surface area contributed by atoms with E-state index in [1.54, 1.807) is 0 Å². The second kappa shape index (κ2) is 68.6. The van der Waals surface area contributed by atoms with E-state index >= 15 is 0 Å². The van der Waals surface area contributed by atoms with Crippen LogP contribution in [0.5, 0.6) is 0 Å². The van der Waals surface area contributed by atoms with Gasteiger partial charge in [0.05, 0.1) is 0 Å². The molecule has 0 aliphatic carbocycles. The minimum absolute atomic E-state index is 0.0849. The average molecular weight is 1130 g/mol. The quantitative estimate of drug-likeness (QED) is 0.0261. The molecule has 1 atom stereocenters. The summed E-state index contributed by atoms with van der Waals surface area (Å²) in [5, 5.41) is 0. The van der Waals surface area contributed by atoms with Crippen molar-refractivity contribution >= 4 is 17.9 Å². The Labute approximate surface area is 501 Å². The van der Waals surface area contributed by atoms with Crippen LogP contribution >= 0.6 is 0 Å². The number of ether oxygens (including phenoxy) is 3. The van der Waals surface area contributed by atoms with Gasteiger partial charge in [-0.15, -0.1) is 0 Å². The first-order chi connectivity index (χ1) is 40.0. The van der Waals surface area contributed by atoms with Gasteiger partial charge in [0, 0.05) is 19.3 Å². The fourth-order valence-corrected chi connectivity index (χ4v) is 9.60. The largest absolute Gasteiger partial charge is 0.462 e. The Bertz CT molecular complexity index is 1620. The van der Waals surface area contributed by atoms with E-state index in [0.29, 0.717) is 19.3 Å². The predicted octanol–water partition coefficient (Wildman–Crippen LogP) is 23.8. The number of hydrogen-bond acceptors (Lipinski definition) is 6. The van der Waals surface area contributed by atoms with Crippen molar-refractivity contribution in [1.82, 2.24) is 0 Å². The third-order valence-corrected chi connectivity index (χ3v) is 14.7. The van der Waals surface area contributed by atoms with Crippen LogP contribution in [0.15, 0.2) is 109 Å². The van der Waals surface area contributed by atoms with Crippen LogP contribution in [0, 0.1) is 0 Å². The Morgan fingerprint density at radius 2 is 0.506 bits per heavy atom. The second-order valence-electron chi connectivity index (χ2n) is 22.7. The third kappa shape index (κ3) is 66.8. The van der Waals surface area contributed by atoms with Gasteiger partial charge in [-0.05, 0) is 122 Å². The molecule has 0 radical (unpaired) electrons. The van der Waals surface area contributed by atoms with Gasteiger partial charge in [0.1, 0.15) is 13.2 Å². The van der Waals surface area contributed by atoms with Crippen LogP contribution in [0.1, 0.15) is 329 Å². The highest BCUT2D eigenvalue weighted by Gasteiger charge is 2.19. The molecule has 0 rings (SSSR count). The summed E-state index contributed by atoms with van der Waals surface area (Å²) in [6, 6.07) is 0. The SMILES string of the molecule is CC/C=C\C/C=C\C/C=C\C/C=C\CCCCCCCCCCCCC(=O)OC(COC(=O)CCCCCCC/C=C\C/C=C\CCC)COC(=O)CCCCCCCCCCCCCC/C=C\C/C=C\C/C=C\CCCCCCC. The molecule has 0 aromatic rings. The lowest BCUT2D eigenvalue weighted by molar-refractivity contribution is -0.167. The molecule has 0 aromatic carbocycles. The van der Waals surface area contributed by atoms with Crippen molar-refractivity contribution in [3.8, 4) is 0 Å². The lowest BCUT2D eigenvalue weighted by Crippen LogP contribution is -2.30. The number of hydrogen-bond donors (Lipinski definition) is 0. The molecule has 6 heteroatoms. The van der Waals surface area contributed by atoms with Crippen molar-refractivity contribution in [2.24, 2.45) is 0 Å². The van der Waals surface area contributed by atoms with E-state index in [-0.39, 0.29) is 31.1 Å². The summed E-state index contributed by atoms with van der Waals surface area (Å²) in [5.41, 5.74) is 0. The van der Waals surface area contributed by atoms with Gasteiger partial charge in [0.15, 0.2) is 6.10 Å². The number of carbonyl (C=O) groups excluding carboxylic acids is 3. The number of rotatable bonds is 62. The summed E-state index contributed by atoms with van der Waals surface area (Å²) in [4.78, 5) is 38.4. The molecule has 0 fully saturated rings. The maximum Gasteiger partial charge on any atom is 0.306 e. The zero-order valence-electron chi connectivity index (χ0n) is 53.3. The maximum atomic E-state index is 12.9. The van der Waals surface area contributed by atoms with Crippen LogP contribution in [0.3, 0.4) is 0 Å². The summed E-state index contributed by atoms with van der Waals surface area (Å²) in [6.07, 6.45) is 93.9. The summed E-state index contributed by atoms with van der Waals surface area (Å²) in [6.45, 7) is 6.46. The molecule has 0 bridgehead atoms. The molecular weight excluding hydrogens is 997 g/mol. The Balaban J connectivity index is 4.30. The first-order valence-electron chi connectivity index (χ1n) is 34.4. The highest BCUT2D eigenvalue weighted by molar-refractivity contribution is 5.71. The molecule has 0 spiro atoms. The van der Waals surface area contributed by atoms with Gasteiger partial charge in [-0.25, -0.2) is 0 Å². The lowest BCUT2D eigenvalue weighted by atomic mass is 10.0. The van der Waals surface area contributed by atoms with Crippen molar-refractivity contribution in [1.29, 1.82) is 0 Å². The summed E-state index contributed by atoms with van der Waals surface area (Å²) in [5.74, 6) is -0.895. The van der Waals surface area contributed by atoms with E-state index in [1.165, 1.54) is 161 Å². The van der Waals surface area contributed by atoms with E-state index in [0.717, 1.165) is 128 Å². The van der Waals surface area contributed by atoms with Crippen LogP contribution < -0.4 is 0 Å². The Morgan fingerprint density at radius 1 is 0.259 bits per heavy atom. The van der Waals surface area contributed by atoms with Gasteiger partial charge >= 0.3 is 17.9 Å². The van der Waals surface area contributed by atoms with Crippen molar-refractivity contribution in [3.63, 3.8) is 0 Å². The minimum atomic E-state index is -0.790. The number of carbonyl (C=O) groups is 3. The van der Waals surface area contributed by atoms with Crippen molar-refractivity contribution in [2.45, 2.75) is 335 Å². The second-order valence-corrected chi connectivity index (χ2v) is 22.7. The molecule has 0 saturated heterocycles. The molecule has 0 heterocycles. The monoisotopic (exact) mass is 1120 g/mol. The first kappa shape index (κ1) is 77.1. The van der Waals surface area contributed by atoms with Crippen LogP contribution in [0.2, 0.25) is 0 Å². The molecule has 81 heavy (non-hydrogen) atoms. The minimum Gasteiger partial charge on any atom is -0.462 e. The third-order valence-electron chi connectivity index (χ3n) is 14.7. The van der Waals surface area contributed by atoms with Crippen molar-refractivity contribution in [3.05, 3.63) is 109 Å². The van der Waals surface area contributed by atoms with Gasteiger partial charge in [-0.3, -0.25) is 14.4 Å². The summed E-state index contributed by atoms with van der Waals surface area (Å²) >= 11 is 0. The number of esters is 3. The van der Waals surface area contributed by atoms with Crippen LogP contribution in [-0.4, -0.2) is 37.2 Å². The Morgan fingerprint density at radius 3 is 0.802 bits per heavy atom. The fraction of sp³-hybridized carbons (Fsp3) is 0.720. The average Bonchev–Trinajstić information content (AvgIpc) is 3.46. The topological polar surface area (TPSA) is 78.9 Å². The summed E-state index contributed by atoms with van der Waals surface area (Å²) < 4.78 is 17.0. The van der Waals surface area contributed by atoms with E-state index in [2.05, 4.69) is 130 Å². The smallest absolute Gasteiger partial charge is 0.306 e. The molecule has 0 aliphatic rings. The van der Waals surface area contributed by atoms with E-state index < -0.39 is 6.10 Å². The predicted molar refractivity (Wildman–Crippen MR) is 353 cm³/mol. The van der Waals surface area contributed by atoms with Gasteiger partial charge in [-0.2, -0.15) is 0 Å². The van der Waals surface area contributed by atoms with Crippen LogP contribution in [0.25, 0.3) is 0 Å². The van der Waals surface area contributed by atoms with E-state index in [4.69, 9.17) is 14.2 Å². The highest BCUT2D eigenvalue weighted by Crippen LogP contribution is 2.17. The van der Waals surface area contributed by atoms with Crippen molar-refractivity contribution < 1.29 is 28.6 Å². The van der Waals surface area contributed by atoms with Gasteiger partial charge in [0.25, 0.3) is 0 Å². The molecule has 0 saturated carbocycles. The van der Waals surface area contributed by atoms with Gasteiger partial charge in [-0.1, -0.05) is 297 Å². The van der Waals surface area contributed by atoms with Gasteiger partial charge in [0.2, 0.25) is 0 Å². The molecule has 0 N–H and O–H groups in total. The molecule has 1 unspecified atom stereocenters. The van der Waals surface area contributed by atoms with E-state index in [9.17, 15) is 14.4 Å². The lowest BCUT2D eigenvalue weighted by Gasteiger charge is -2.18. The normalized spacial score (nSPS) is 12.8. The van der Waals surface area contributed by atoms with E-state index in [1.807, 2.05) is 0 Å². The zero-order valence-corrected chi connectivity index (χ0v) is 53.3. The molecule has 0 amide bonds. The molecule has 6 nitrogen and oxygen atoms in total. The molecular formula is C75H128O6. The summed E-state index contributed by atoms with van der Waals surface area (Å²) in [7, 11) is 0. The zero-order chi connectivity index (χ0) is 58.5. The Kier molecular flexibility index (Phi) is 65.2.